The Hall–Kier alpha value is -0.290. The largest absolute Gasteiger partial charge is 0.396 e. The summed E-state index contributed by atoms with van der Waals surface area (Å²) in [7, 11) is 0. The van der Waals surface area contributed by atoms with Crippen LogP contribution < -0.4 is 0 Å². The van der Waals surface area contributed by atoms with E-state index in [-0.39, 0.29) is 13.2 Å². The number of ether oxygens (including phenoxy) is 2. The third-order valence-electron chi connectivity index (χ3n) is 1.90. The molecule has 0 radical (unpaired) electrons. The molecule has 0 bridgehead atoms. The summed E-state index contributed by atoms with van der Waals surface area (Å²) in [5, 5.41) is 0. The van der Waals surface area contributed by atoms with E-state index in [4.69, 9.17) is 0 Å². The van der Waals surface area contributed by atoms with Crippen LogP contribution in [-0.4, -0.2) is 31.6 Å². The summed E-state index contributed by atoms with van der Waals surface area (Å²) in [5.74, 6) is -1.39. The minimum atomic E-state index is -4.16. The third kappa shape index (κ3) is 1.49. The molecule has 0 aromatic heterocycles. The van der Waals surface area contributed by atoms with Crippen LogP contribution in [0.2, 0.25) is 0 Å². The lowest BCUT2D eigenvalue weighted by Gasteiger charge is -2.14. The Morgan fingerprint density at radius 1 is 1.09 bits per heavy atom. The van der Waals surface area contributed by atoms with Gasteiger partial charge in [0.05, 0.1) is 25.4 Å². The first-order chi connectivity index (χ1) is 5.09. The second-order valence-corrected chi connectivity index (χ2v) is 2.81. The van der Waals surface area contributed by atoms with Crippen LogP contribution in [-0.2, 0) is 9.47 Å². The average molecular weight is 168 g/mol. The molecule has 0 aromatic carbocycles. The molecule has 2 aliphatic rings. The van der Waals surface area contributed by atoms with Gasteiger partial charge in [0.25, 0.3) is 0 Å². The van der Waals surface area contributed by atoms with Gasteiger partial charge in [-0.2, -0.15) is 13.2 Å². The van der Waals surface area contributed by atoms with E-state index in [1.807, 2.05) is 0 Å². The van der Waals surface area contributed by atoms with Crippen LogP contribution in [0, 0.1) is 5.92 Å². The summed E-state index contributed by atoms with van der Waals surface area (Å²) >= 11 is 0. The minimum absolute atomic E-state index is 0.226. The fourth-order valence-electron chi connectivity index (χ4n) is 1.19. The Kier molecular flexibility index (Phi) is 1.41. The van der Waals surface area contributed by atoms with Gasteiger partial charge in [-0.05, 0) is 0 Å². The molecule has 64 valence electrons. The van der Waals surface area contributed by atoms with Crippen molar-refractivity contribution in [1.29, 1.82) is 0 Å². The normalized spacial score (nSPS) is 38.5. The van der Waals surface area contributed by atoms with Gasteiger partial charge in [0.2, 0.25) is 0 Å². The number of hydrogen-bond donors (Lipinski definition) is 0. The first-order valence-electron chi connectivity index (χ1n) is 3.39. The molecule has 2 unspecified atom stereocenters. The maximum atomic E-state index is 12.1. The van der Waals surface area contributed by atoms with E-state index in [1.54, 1.807) is 0 Å². The Labute approximate surface area is 61.3 Å². The standard InChI is InChI=1S/C6H7F3O2/c7-6(8,9)5(3-1-10-3)4-2-11-4/h3-5H,1-2H2. The molecule has 0 amide bonds. The minimum Gasteiger partial charge on any atom is -0.372 e. The zero-order valence-electron chi connectivity index (χ0n) is 5.60. The Morgan fingerprint density at radius 2 is 1.45 bits per heavy atom. The SMILES string of the molecule is FC(F)(F)C(C1CO1)C1CO1. The predicted molar refractivity (Wildman–Crippen MR) is 29.0 cm³/mol. The number of hydrogen-bond acceptors (Lipinski definition) is 2. The van der Waals surface area contributed by atoms with Crippen molar-refractivity contribution in [3.8, 4) is 0 Å². The average Bonchev–Trinajstić information content (AvgIpc) is 2.50. The molecule has 2 fully saturated rings. The summed E-state index contributed by atoms with van der Waals surface area (Å²) in [4.78, 5) is 0. The van der Waals surface area contributed by atoms with Crippen molar-refractivity contribution in [2.24, 2.45) is 5.92 Å². The number of halogens is 3. The van der Waals surface area contributed by atoms with E-state index >= 15 is 0 Å². The van der Waals surface area contributed by atoms with Gasteiger partial charge >= 0.3 is 6.18 Å². The van der Waals surface area contributed by atoms with Gasteiger partial charge in [-0.3, -0.25) is 0 Å². The van der Waals surface area contributed by atoms with E-state index in [0.29, 0.717) is 0 Å². The Morgan fingerprint density at radius 3 is 1.64 bits per heavy atom. The van der Waals surface area contributed by atoms with Gasteiger partial charge in [-0.15, -0.1) is 0 Å². The fourth-order valence-corrected chi connectivity index (χ4v) is 1.19. The van der Waals surface area contributed by atoms with Gasteiger partial charge in [0.1, 0.15) is 5.92 Å². The van der Waals surface area contributed by atoms with E-state index in [0.717, 1.165) is 0 Å². The van der Waals surface area contributed by atoms with Crippen molar-refractivity contribution >= 4 is 0 Å². The summed E-state index contributed by atoms with van der Waals surface area (Å²) in [6.07, 6.45) is -5.44. The molecule has 2 atom stereocenters. The van der Waals surface area contributed by atoms with Crippen LogP contribution in [0.5, 0.6) is 0 Å². The Bertz CT molecular complexity index is 148. The lowest BCUT2D eigenvalue weighted by Crippen LogP contribution is -2.32. The van der Waals surface area contributed by atoms with Crippen LogP contribution in [0.25, 0.3) is 0 Å². The van der Waals surface area contributed by atoms with Crippen molar-refractivity contribution < 1.29 is 22.6 Å². The highest BCUT2D eigenvalue weighted by atomic mass is 19.4. The molecule has 2 heterocycles. The molecule has 0 aromatic rings. The monoisotopic (exact) mass is 168 g/mol. The lowest BCUT2D eigenvalue weighted by atomic mass is 10.0. The number of alkyl halides is 3. The second-order valence-electron chi connectivity index (χ2n) is 2.81. The number of rotatable bonds is 2. The molecule has 0 spiro atoms. The molecule has 2 nitrogen and oxygen atoms in total. The Balaban J connectivity index is 2.02. The van der Waals surface area contributed by atoms with Crippen molar-refractivity contribution in [3.05, 3.63) is 0 Å². The van der Waals surface area contributed by atoms with Gasteiger partial charge in [-0.1, -0.05) is 0 Å². The first kappa shape index (κ1) is 7.36. The van der Waals surface area contributed by atoms with E-state index in [9.17, 15) is 13.2 Å². The zero-order chi connectivity index (χ0) is 8.06. The highest BCUT2D eigenvalue weighted by Gasteiger charge is 2.58. The first-order valence-corrected chi connectivity index (χ1v) is 3.39. The molecular formula is C6H7F3O2. The van der Waals surface area contributed by atoms with Crippen LogP contribution in [0.4, 0.5) is 13.2 Å². The van der Waals surface area contributed by atoms with E-state index in [1.165, 1.54) is 0 Å². The third-order valence-corrected chi connectivity index (χ3v) is 1.90. The molecule has 0 N–H and O–H groups in total. The van der Waals surface area contributed by atoms with Crippen molar-refractivity contribution in [2.45, 2.75) is 18.4 Å². The maximum absolute atomic E-state index is 12.1. The summed E-state index contributed by atoms with van der Waals surface area (Å²) in [6, 6.07) is 0. The van der Waals surface area contributed by atoms with Gasteiger partial charge in [0, 0.05) is 0 Å². The van der Waals surface area contributed by atoms with Crippen LogP contribution >= 0.6 is 0 Å². The summed E-state index contributed by atoms with van der Waals surface area (Å²) in [5.41, 5.74) is 0. The van der Waals surface area contributed by atoms with Gasteiger partial charge in [0.15, 0.2) is 0 Å². The van der Waals surface area contributed by atoms with Gasteiger partial charge < -0.3 is 9.47 Å². The maximum Gasteiger partial charge on any atom is 0.396 e. The van der Waals surface area contributed by atoms with Crippen molar-refractivity contribution in [1.82, 2.24) is 0 Å². The quantitative estimate of drug-likeness (QED) is 0.574. The van der Waals surface area contributed by atoms with Crippen LogP contribution in [0.1, 0.15) is 0 Å². The summed E-state index contributed by atoms with van der Waals surface area (Å²) in [6.45, 7) is 0.452. The number of epoxide rings is 2. The van der Waals surface area contributed by atoms with Crippen molar-refractivity contribution in [2.75, 3.05) is 13.2 Å². The fraction of sp³-hybridized carbons (Fsp3) is 1.00. The van der Waals surface area contributed by atoms with Gasteiger partial charge in [-0.25, -0.2) is 0 Å². The van der Waals surface area contributed by atoms with Crippen LogP contribution in [0.3, 0.4) is 0 Å². The smallest absolute Gasteiger partial charge is 0.372 e. The molecule has 11 heavy (non-hydrogen) atoms. The molecule has 0 saturated carbocycles. The molecule has 2 aliphatic heterocycles. The zero-order valence-corrected chi connectivity index (χ0v) is 5.60. The van der Waals surface area contributed by atoms with E-state index < -0.39 is 24.3 Å². The van der Waals surface area contributed by atoms with Crippen LogP contribution in [0.15, 0.2) is 0 Å². The highest BCUT2D eigenvalue weighted by Crippen LogP contribution is 2.42. The molecular weight excluding hydrogens is 161 g/mol. The molecule has 2 saturated heterocycles. The topological polar surface area (TPSA) is 25.1 Å². The second kappa shape index (κ2) is 2.10. The molecule has 2 rings (SSSR count). The van der Waals surface area contributed by atoms with E-state index in [2.05, 4.69) is 9.47 Å². The predicted octanol–water partition coefficient (Wildman–Crippen LogP) is 0.962. The van der Waals surface area contributed by atoms with Crippen molar-refractivity contribution in [3.63, 3.8) is 0 Å². The summed E-state index contributed by atoms with van der Waals surface area (Å²) < 4.78 is 45.6. The molecule has 0 aliphatic carbocycles. The molecule has 5 heteroatoms. The highest BCUT2D eigenvalue weighted by molar-refractivity contribution is 4.94. The lowest BCUT2D eigenvalue weighted by molar-refractivity contribution is -0.184.